The van der Waals surface area contributed by atoms with Gasteiger partial charge in [-0.15, -0.1) is 82.2 Å². The second kappa shape index (κ2) is 12.7. The average molecular weight is 651 g/mol. The fourth-order valence-corrected chi connectivity index (χ4v) is 5.76. The summed E-state index contributed by atoms with van der Waals surface area (Å²) >= 11 is 0. The summed E-state index contributed by atoms with van der Waals surface area (Å²) in [5.74, 6) is 0. The maximum absolute atomic E-state index is 2.37. The van der Waals surface area contributed by atoms with Crippen molar-refractivity contribution in [2.24, 2.45) is 0 Å². The summed E-state index contributed by atoms with van der Waals surface area (Å²) in [6.07, 6.45) is 2.18. The molecule has 2 nitrogen and oxygen atoms in total. The Bertz CT molecular complexity index is 1950. The first-order valence-corrected chi connectivity index (χ1v) is 13.1. The zero-order chi connectivity index (χ0) is 25.6. The second-order valence-electron chi connectivity index (χ2n) is 10.1. The first kappa shape index (κ1) is 30.6. The monoisotopic (exact) mass is 648 g/mol. The topological polar surface area (TPSA) is 9.86 Å². The molecule has 200 valence electrons. The van der Waals surface area contributed by atoms with Gasteiger partial charge in [-0.05, 0) is 49.0 Å². The summed E-state index contributed by atoms with van der Waals surface area (Å²) in [6.45, 7) is 4.27. The minimum Gasteiger partial charge on any atom is -1.00 e. The molecule has 0 fully saturated rings. The maximum Gasteiger partial charge on any atom is 4.00 e. The van der Waals surface area contributed by atoms with Crippen molar-refractivity contribution in [1.29, 1.82) is 0 Å². The molecule has 8 aromatic rings. The quantitative estimate of drug-likeness (QED) is 0.253. The van der Waals surface area contributed by atoms with Crippen molar-refractivity contribution < 1.29 is 51.0 Å². The number of para-hydroxylation sites is 2. The van der Waals surface area contributed by atoms with E-state index in [1.54, 1.807) is 0 Å². The van der Waals surface area contributed by atoms with Crippen molar-refractivity contribution in [3.63, 3.8) is 0 Å². The largest absolute Gasteiger partial charge is 4.00 e. The summed E-state index contributed by atoms with van der Waals surface area (Å²) in [4.78, 5) is 0. The number of nitrogens with zero attached hydrogens (tertiary/aromatic N) is 2. The SMILES string of the molecule is Cc1cc(C)n(-c2cc3ccccc3[cH-]2)c1.[Cl-].[Cl-].[Zr+4].c1ccc2[cH-]c(-n3c4ccccc4c4ccccc43)cc2c1. The standard InChI is InChI=1S/C21H14N.C15H14N.2ClH.Zr/c1-2-8-16-14-17(13-15(16)7-1)22-20-11-5-3-9-18(20)19-10-4-6-12-21(19)22;1-11-7-12(2)16(10-11)15-8-13-5-3-4-6-14(13)9-15;;;/h1-14H;3-10H,1-2H3;2*1H;/q2*-1;;;+4/p-2. The Balaban J connectivity index is 0.000000184. The molecule has 2 heterocycles. The van der Waals surface area contributed by atoms with E-state index in [0.717, 1.165) is 0 Å². The Hall–Kier alpha value is -3.36. The van der Waals surface area contributed by atoms with Crippen LogP contribution in [0.5, 0.6) is 0 Å². The third kappa shape index (κ3) is 5.60. The van der Waals surface area contributed by atoms with Gasteiger partial charge in [-0.25, -0.2) is 0 Å². The van der Waals surface area contributed by atoms with Crippen molar-refractivity contribution in [1.82, 2.24) is 9.13 Å². The molecule has 2 aromatic heterocycles. The fraction of sp³-hybridized carbons (Fsp3) is 0.0556. The van der Waals surface area contributed by atoms with Crippen LogP contribution in [0.2, 0.25) is 0 Å². The Morgan fingerprint density at radius 3 is 1.51 bits per heavy atom. The van der Waals surface area contributed by atoms with E-state index in [0.29, 0.717) is 0 Å². The summed E-state index contributed by atoms with van der Waals surface area (Å²) < 4.78 is 4.61. The van der Waals surface area contributed by atoms with Gasteiger partial charge in [0.15, 0.2) is 0 Å². The minimum absolute atomic E-state index is 0. The minimum atomic E-state index is 0. The number of fused-ring (bicyclic) bond motifs is 5. The number of hydrogen-bond acceptors (Lipinski definition) is 0. The van der Waals surface area contributed by atoms with Crippen LogP contribution in [0, 0.1) is 13.8 Å². The third-order valence-corrected chi connectivity index (χ3v) is 7.47. The number of rotatable bonds is 2. The number of halogens is 2. The van der Waals surface area contributed by atoms with Gasteiger partial charge in [0.2, 0.25) is 0 Å². The van der Waals surface area contributed by atoms with Crippen LogP contribution in [0.4, 0.5) is 0 Å². The van der Waals surface area contributed by atoms with Crippen LogP contribution in [-0.4, -0.2) is 9.13 Å². The summed E-state index contributed by atoms with van der Waals surface area (Å²) in [5.41, 5.74) is 7.61. The number of aromatic nitrogens is 2. The summed E-state index contributed by atoms with van der Waals surface area (Å²) in [7, 11) is 0. The van der Waals surface area contributed by atoms with E-state index in [4.69, 9.17) is 0 Å². The predicted octanol–water partition coefficient (Wildman–Crippen LogP) is 3.63. The molecule has 0 N–H and O–H groups in total. The molecule has 0 spiro atoms. The molecule has 0 bridgehead atoms. The van der Waals surface area contributed by atoms with Gasteiger partial charge in [-0.1, -0.05) is 48.5 Å². The zero-order valence-electron chi connectivity index (χ0n) is 22.9. The first-order valence-electron chi connectivity index (χ1n) is 13.1. The predicted molar refractivity (Wildman–Crippen MR) is 162 cm³/mol. The molecule has 0 aliphatic rings. The van der Waals surface area contributed by atoms with Crippen molar-refractivity contribution in [2.45, 2.75) is 13.8 Å². The van der Waals surface area contributed by atoms with Crippen molar-refractivity contribution in [3.8, 4) is 11.4 Å². The number of benzene rings is 4. The van der Waals surface area contributed by atoms with Gasteiger partial charge in [0, 0.05) is 22.7 Å². The Kier molecular flexibility index (Phi) is 9.45. The molecular weight excluding hydrogens is 623 g/mol. The van der Waals surface area contributed by atoms with Crippen molar-refractivity contribution >= 4 is 43.4 Å². The van der Waals surface area contributed by atoms with E-state index in [2.05, 4.69) is 157 Å². The summed E-state index contributed by atoms with van der Waals surface area (Å²) in [6, 6.07) is 45.5. The molecule has 0 saturated carbocycles. The molecule has 0 unspecified atom stereocenters. The Morgan fingerprint density at radius 2 is 1.00 bits per heavy atom. The molecule has 0 radical (unpaired) electrons. The van der Waals surface area contributed by atoms with Crippen LogP contribution < -0.4 is 24.8 Å². The van der Waals surface area contributed by atoms with E-state index >= 15 is 0 Å². The second-order valence-corrected chi connectivity index (χ2v) is 10.1. The van der Waals surface area contributed by atoms with Gasteiger partial charge in [0.05, 0.1) is 11.0 Å². The van der Waals surface area contributed by atoms with E-state index in [-0.39, 0.29) is 51.0 Å². The van der Waals surface area contributed by atoms with E-state index < -0.39 is 0 Å². The average Bonchev–Trinajstić information content (AvgIpc) is 3.70. The van der Waals surface area contributed by atoms with Crippen LogP contribution >= 0.6 is 0 Å². The van der Waals surface area contributed by atoms with Crippen LogP contribution in [0.3, 0.4) is 0 Å². The molecular formula is C36H28Cl2N2Zr. The third-order valence-electron chi connectivity index (χ3n) is 7.47. The molecule has 8 rings (SSSR count). The summed E-state index contributed by atoms with van der Waals surface area (Å²) in [5, 5.41) is 7.82. The van der Waals surface area contributed by atoms with Crippen molar-refractivity contribution in [2.75, 3.05) is 0 Å². The number of aryl methyl sites for hydroxylation is 2. The van der Waals surface area contributed by atoms with Crippen LogP contribution in [0.15, 0.2) is 134 Å². The van der Waals surface area contributed by atoms with Gasteiger partial charge < -0.3 is 33.9 Å². The van der Waals surface area contributed by atoms with E-state index in [9.17, 15) is 0 Å². The van der Waals surface area contributed by atoms with Gasteiger partial charge in [0.25, 0.3) is 0 Å². The van der Waals surface area contributed by atoms with Gasteiger partial charge in [-0.2, -0.15) is 0 Å². The van der Waals surface area contributed by atoms with Gasteiger partial charge in [-0.3, -0.25) is 0 Å². The number of hydrogen-bond donors (Lipinski definition) is 0. The van der Waals surface area contributed by atoms with Crippen molar-refractivity contribution in [3.05, 3.63) is 145 Å². The molecule has 0 saturated heterocycles. The molecule has 5 heteroatoms. The fourth-order valence-electron chi connectivity index (χ4n) is 5.76. The first-order chi connectivity index (χ1) is 18.7. The van der Waals surface area contributed by atoms with E-state index in [1.165, 1.54) is 66.0 Å². The Labute approximate surface area is 271 Å². The Morgan fingerprint density at radius 1 is 0.537 bits per heavy atom. The normalized spacial score (nSPS) is 10.6. The zero-order valence-corrected chi connectivity index (χ0v) is 26.8. The van der Waals surface area contributed by atoms with Gasteiger partial charge >= 0.3 is 26.2 Å². The maximum atomic E-state index is 2.37. The van der Waals surface area contributed by atoms with Gasteiger partial charge in [0.1, 0.15) is 0 Å². The molecule has 6 aromatic carbocycles. The molecule has 0 atom stereocenters. The van der Waals surface area contributed by atoms with E-state index in [1.807, 2.05) is 0 Å². The molecule has 0 amide bonds. The van der Waals surface area contributed by atoms with Crippen LogP contribution in [0.1, 0.15) is 11.3 Å². The molecule has 0 aliphatic carbocycles. The molecule has 0 aliphatic heterocycles. The smallest absolute Gasteiger partial charge is 1.00 e. The molecule has 41 heavy (non-hydrogen) atoms. The van der Waals surface area contributed by atoms with Crippen LogP contribution in [0.25, 0.3) is 54.7 Å². The van der Waals surface area contributed by atoms with Crippen LogP contribution in [-0.2, 0) is 26.2 Å².